The molecule has 0 saturated heterocycles. The van der Waals surface area contributed by atoms with Gasteiger partial charge in [0.15, 0.2) is 24.8 Å². The van der Waals surface area contributed by atoms with Crippen molar-refractivity contribution in [2.75, 3.05) is 0 Å². The summed E-state index contributed by atoms with van der Waals surface area (Å²) in [5.74, 6) is 0. The number of nitrogens with zero attached hydrogens (tertiary/aromatic N) is 4. The van der Waals surface area contributed by atoms with Crippen molar-refractivity contribution in [3.05, 3.63) is 310 Å². The molecular formula is C84H88N4+4. The number of aryl methyl sites for hydroxylation is 16. The quantitative estimate of drug-likeness (QED) is 0.135. The van der Waals surface area contributed by atoms with E-state index in [9.17, 15) is 0 Å². The molecule has 12 rings (SSSR count). The molecule has 0 radical (unpaired) electrons. The maximum Gasteiger partial charge on any atom is 0.212 e. The summed E-state index contributed by atoms with van der Waals surface area (Å²) < 4.78 is 8.82. The van der Waals surface area contributed by atoms with Gasteiger partial charge in [-0.25, -0.2) is 18.3 Å². The molecule has 88 heavy (non-hydrogen) atoms. The van der Waals surface area contributed by atoms with E-state index in [-0.39, 0.29) is 0 Å². The van der Waals surface area contributed by atoms with E-state index in [0.29, 0.717) is 0 Å². The first kappa shape index (κ1) is 62.9. The highest BCUT2D eigenvalue weighted by molar-refractivity contribution is 5.77. The van der Waals surface area contributed by atoms with Crippen LogP contribution in [0.3, 0.4) is 0 Å². The fourth-order valence-electron chi connectivity index (χ4n) is 12.0. The fourth-order valence-corrected chi connectivity index (χ4v) is 12.0. The average Bonchev–Trinajstić information content (AvgIpc) is 3.39. The Labute approximate surface area is 526 Å². The van der Waals surface area contributed by atoms with Crippen molar-refractivity contribution in [1.82, 2.24) is 0 Å². The van der Waals surface area contributed by atoms with Gasteiger partial charge in [-0.2, -0.15) is 0 Å². The Morgan fingerprint density at radius 1 is 0.193 bits per heavy atom. The number of benzene rings is 8. The van der Waals surface area contributed by atoms with Crippen LogP contribution in [0.15, 0.2) is 243 Å². The third-order valence-electron chi connectivity index (χ3n) is 17.2. The highest BCUT2D eigenvalue weighted by Gasteiger charge is 2.20. The van der Waals surface area contributed by atoms with Crippen molar-refractivity contribution in [1.29, 1.82) is 0 Å². The molecule has 0 aliphatic carbocycles. The number of pyridine rings is 4. The van der Waals surface area contributed by atoms with Crippen LogP contribution in [0.25, 0.3) is 89.5 Å². The van der Waals surface area contributed by atoms with Crippen molar-refractivity contribution in [2.24, 2.45) is 28.2 Å². The third-order valence-corrected chi connectivity index (χ3v) is 17.2. The molecule has 0 saturated carbocycles. The minimum absolute atomic E-state index is 1.25. The molecule has 0 aliphatic heterocycles. The van der Waals surface area contributed by atoms with Crippen LogP contribution in [0, 0.1) is 83.1 Å². The fraction of sp³-hybridized carbons (Fsp3) is 0.190. The van der Waals surface area contributed by atoms with Crippen LogP contribution in [0.2, 0.25) is 0 Å². The molecule has 0 fully saturated rings. The Hall–Kier alpha value is -9.64. The van der Waals surface area contributed by atoms with Gasteiger partial charge in [0.05, 0.1) is 0 Å². The molecule has 0 spiro atoms. The molecule has 4 aromatic heterocycles. The minimum Gasteiger partial charge on any atom is -0.201 e. The molecule has 440 valence electrons. The SMILES string of the molecule is Cc1cc(-c2cc(C)c(-c3ccccc3)cc2C)[n+](C)cc1C.Cc1cc(-c2ccc(-c3ccccc3)cc2C)[n+](C)cc1C.Cc1cc(-c2cccc[n+]2C)c(C)cc1-c1ccccc1.Cc1ccc(-c2cc(C)c(-c3ccccc3)cc2C)[n+](C)c1. The van der Waals surface area contributed by atoms with E-state index in [1.165, 1.54) is 156 Å². The molecule has 0 amide bonds. The number of rotatable bonds is 8. The summed E-state index contributed by atoms with van der Waals surface area (Å²) in [6.07, 6.45) is 8.68. The van der Waals surface area contributed by atoms with Crippen molar-refractivity contribution in [3.63, 3.8) is 0 Å². The zero-order valence-corrected chi connectivity index (χ0v) is 54.9. The summed E-state index contributed by atoms with van der Waals surface area (Å²) in [5, 5.41) is 0. The van der Waals surface area contributed by atoms with E-state index in [1.54, 1.807) is 0 Å². The molecule has 0 unspecified atom stereocenters. The molecule has 0 aliphatic rings. The van der Waals surface area contributed by atoms with Crippen LogP contribution in [0.1, 0.15) is 66.8 Å². The van der Waals surface area contributed by atoms with Gasteiger partial charge in [-0.1, -0.05) is 152 Å². The molecular weight excluding hydrogens is 1060 g/mol. The maximum atomic E-state index is 2.32. The lowest BCUT2D eigenvalue weighted by atomic mass is 9.93. The smallest absolute Gasteiger partial charge is 0.201 e. The van der Waals surface area contributed by atoms with E-state index >= 15 is 0 Å². The first-order valence-corrected chi connectivity index (χ1v) is 30.8. The van der Waals surface area contributed by atoms with Gasteiger partial charge in [0.1, 0.15) is 28.2 Å². The van der Waals surface area contributed by atoms with Gasteiger partial charge in [0, 0.05) is 69.3 Å². The first-order valence-electron chi connectivity index (χ1n) is 30.8. The van der Waals surface area contributed by atoms with E-state index in [1.807, 2.05) is 0 Å². The molecule has 12 aromatic rings. The normalized spacial score (nSPS) is 10.7. The van der Waals surface area contributed by atoms with Crippen LogP contribution < -0.4 is 18.3 Å². The third kappa shape index (κ3) is 14.8. The second-order valence-corrected chi connectivity index (χ2v) is 24.1. The predicted octanol–water partition coefficient (Wildman–Crippen LogP) is 19.1. The summed E-state index contributed by atoms with van der Waals surface area (Å²) in [6, 6.07) is 78.2. The van der Waals surface area contributed by atoms with Gasteiger partial charge in [-0.15, -0.1) is 0 Å². The van der Waals surface area contributed by atoms with Crippen LogP contribution in [-0.2, 0) is 28.2 Å². The Morgan fingerprint density at radius 2 is 0.523 bits per heavy atom. The Bertz CT molecular complexity index is 4410. The van der Waals surface area contributed by atoms with Crippen LogP contribution >= 0.6 is 0 Å². The second kappa shape index (κ2) is 28.3. The first-order chi connectivity index (χ1) is 42.3. The zero-order chi connectivity index (χ0) is 62.8. The van der Waals surface area contributed by atoms with E-state index in [4.69, 9.17) is 0 Å². The van der Waals surface area contributed by atoms with Gasteiger partial charge >= 0.3 is 0 Å². The van der Waals surface area contributed by atoms with E-state index < -0.39 is 0 Å². The monoisotopic (exact) mass is 1150 g/mol. The van der Waals surface area contributed by atoms with Gasteiger partial charge in [0.25, 0.3) is 0 Å². The number of hydrogen-bond acceptors (Lipinski definition) is 0. The lowest BCUT2D eigenvalue weighted by Gasteiger charge is -2.12. The Kier molecular flexibility index (Phi) is 20.2. The largest absolute Gasteiger partial charge is 0.212 e. The lowest BCUT2D eigenvalue weighted by molar-refractivity contribution is -0.660. The van der Waals surface area contributed by atoms with Crippen LogP contribution in [0.4, 0.5) is 0 Å². The van der Waals surface area contributed by atoms with Gasteiger partial charge in [-0.05, 0) is 214 Å². The Morgan fingerprint density at radius 3 is 0.920 bits per heavy atom. The van der Waals surface area contributed by atoms with Crippen molar-refractivity contribution >= 4 is 0 Å². The summed E-state index contributed by atoms with van der Waals surface area (Å²) >= 11 is 0. The van der Waals surface area contributed by atoms with Crippen molar-refractivity contribution in [2.45, 2.75) is 83.1 Å². The molecule has 0 bridgehead atoms. The van der Waals surface area contributed by atoms with Crippen LogP contribution in [-0.4, -0.2) is 0 Å². The standard InChI is InChI=1S/C22H24N.2C21H22N.C20H20N/c1-15-13-22(23(5)14-18(15)4)21-12-16(2)20(11-17(21)3)19-9-7-6-8-10-19;1-15-13-21(22(4)14-17(15)3)20-11-10-19(12-16(20)2)18-8-6-5-7-9-18;1-15-10-11-21(22(4)14-15)20-13-16(2)19(12-17(20)3)18-8-6-5-7-9-18;1-15-14-19(20-11-7-8-12-21(20)3)16(2)13-18(15)17-9-5-4-6-10-17/h6-14H,1-5H3;2*5-14H,1-4H3;4-14H,1-3H3/q4*+1. The summed E-state index contributed by atoms with van der Waals surface area (Å²) in [4.78, 5) is 0. The molecule has 8 aromatic carbocycles. The topological polar surface area (TPSA) is 15.5 Å². The molecule has 4 heteroatoms. The summed E-state index contributed by atoms with van der Waals surface area (Å²) in [5.41, 5.74) is 36.4. The van der Waals surface area contributed by atoms with Gasteiger partial charge in [-0.3, -0.25) is 0 Å². The molecule has 0 N–H and O–H groups in total. The van der Waals surface area contributed by atoms with E-state index in [0.717, 1.165) is 0 Å². The minimum atomic E-state index is 1.25. The summed E-state index contributed by atoms with van der Waals surface area (Å²) in [6.45, 7) is 26.2. The highest BCUT2D eigenvalue weighted by atomic mass is 14.9. The zero-order valence-electron chi connectivity index (χ0n) is 54.9. The van der Waals surface area contributed by atoms with Crippen molar-refractivity contribution in [3.8, 4) is 89.5 Å². The molecule has 4 nitrogen and oxygen atoms in total. The predicted molar refractivity (Wildman–Crippen MR) is 371 cm³/mol. The molecule has 4 heterocycles. The highest BCUT2D eigenvalue weighted by Crippen LogP contribution is 2.34. The van der Waals surface area contributed by atoms with Crippen molar-refractivity contribution < 1.29 is 18.3 Å². The van der Waals surface area contributed by atoms with Crippen LogP contribution in [0.5, 0.6) is 0 Å². The number of aromatic nitrogens is 4. The summed E-state index contributed by atoms with van der Waals surface area (Å²) in [7, 11) is 8.45. The van der Waals surface area contributed by atoms with E-state index in [2.05, 4.69) is 373 Å². The van der Waals surface area contributed by atoms with Gasteiger partial charge < -0.3 is 0 Å². The van der Waals surface area contributed by atoms with Gasteiger partial charge in [0.2, 0.25) is 22.8 Å². The number of hydrogen-bond donors (Lipinski definition) is 0. The average molecular weight is 1150 g/mol. The lowest BCUT2D eigenvalue weighted by Crippen LogP contribution is -2.31. The second-order valence-electron chi connectivity index (χ2n) is 24.1. The molecule has 0 atom stereocenters. The maximum absolute atomic E-state index is 2.32. The Balaban J connectivity index is 0.000000140.